The van der Waals surface area contributed by atoms with E-state index in [0.717, 1.165) is 10.0 Å². The zero-order chi connectivity index (χ0) is 17.1. The van der Waals surface area contributed by atoms with E-state index in [-0.39, 0.29) is 5.78 Å². The minimum absolute atomic E-state index is 0.0880. The molecule has 0 aliphatic heterocycles. The highest BCUT2D eigenvalue weighted by molar-refractivity contribution is 9.10. The van der Waals surface area contributed by atoms with Gasteiger partial charge in [0.25, 0.3) is 0 Å². The Kier molecular flexibility index (Phi) is 5.24. The Morgan fingerprint density at radius 2 is 1.71 bits per heavy atom. The molecule has 24 heavy (non-hydrogen) atoms. The lowest BCUT2D eigenvalue weighted by Gasteiger charge is -1.99. The Labute approximate surface area is 157 Å². The average molecular weight is 422 g/mol. The third-order valence-corrected chi connectivity index (χ3v) is 4.63. The van der Waals surface area contributed by atoms with Crippen molar-refractivity contribution in [3.63, 3.8) is 0 Å². The lowest BCUT2D eigenvalue weighted by molar-refractivity contribution is 0.104. The molecule has 120 valence electrons. The van der Waals surface area contributed by atoms with Crippen LogP contribution in [0.2, 0.25) is 10.0 Å². The zero-order valence-corrected chi connectivity index (χ0v) is 15.4. The number of rotatable bonds is 4. The Morgan fingerprint density at radius 3 is 2.42 bits per heavy atom. The van der Waals surface area contributed by atoms with E-state index in [9.17, 15) is 4.79 Å². The van der Waals surface area contributed by atoms with Crippen molar-refractivity contribution < 1.29 is 9.21 Å². The van der Waals surface area contributed by atoms with Crippen LogP contribution in [0.25, 0.3) is 17.4 Å². The maximum absolute atomic E-state index is 12.1. The third kappa shape index (κ3) is 3.99. The van der Waals surface area contributed by atoms with Gasteiger partial charge in [0, 0.05) is 15.6 Å². The number of furan rings is 1. The Bertz CT molecular complexity index is 911. The largest absolute Gasteiger partial charge is 0.457 e. The maximum Gasteiger partial charge on any atom is 0.185 e. The molecule has 0 aliphatic rings. The van der Waals surface area contributed by atoms with E-state index in [2.05, 4.69) is 15.9 Å². The molecule has 3 rings (SSSR count). The minimum Gasteiger partial charge on any atom is -0.457 e. The number of carbonyl (C=O) groups excluding carboxylic acids is 1. The van der Waals surface area contributed by atoms with E-state index in [1.807, 2.05) is 24.3 Å². The van der Waals surface area contributed by atoms with Crippen LogP contribution in [-0.2, 0) is 0 Å². The molecule has 0 atom stereocenters. The molecule has 0 bridgehead atoms. The lowest BCUT2D eigenvalue weighted by Crippen LogP contribution is -1.92. The molecule has 0 unspecified atom stereocenters. The molecule has 0 spiro atoms. The molecule has 1 heterocycles. The summed E-state index contributed by atoms with van der Waals surface area (Å²) in [5.41, 5.74) is 1.44. The molecule has 3 aromatic rings. The minimum atomic E-state index is -0.0880. The van der Waals surface area contributed by atoms with Gasteiger partial charge in [-0.3, -0.25) is 4.79 Å². The number of allylic oxidation sites excluding steroid dienone is 1. The highest BCUT2D eigenvalue weighted by Crippen LogP contribution is 2.29. The highest BCUT2D eigenvalue weighted by Gasteiger charge is 2.07. The molecule has 0 aliphatic carbocycles. The molecule has 0 saturated heterocycles. The van der Waals surface area contributed by atoms with Crippen LogP contribution in [0.3, 0.4) is 0 Å². The fourth-order valence-corrected chi connectivity index (χ4v) is 2.68. The molecule has 0 radical (unpaired) electrons. The molecule has 0 fully saturated rings. The van der Waals surface area contributed by atoms with Gasteiger partial charge in [-0.05, 0) is 66.7 Å². The van der Waals surface area contributed by atoms with Gasteiger partial charge in [0.15, 0.2) is 5.78 Å². The molecule has 5 heteroatoms. The molecular weight excluding hydrogens is 411 g/mol. The quantitative estimate of drug-likeness (QED) is 0.338. The van der Waals surface area contributed by atoms with Crippen LogP contribution in [0.5, 0.6) is 0 Å². The first-order valence-electron chi connectivity index (χ1n) is 7.06. The van der Waals surface area contributed by atoms with E-state index >= 15 is 0 Å². The maximum atomic E-state index is 12.1. The predicted octanol–water partition coefficient (Wildman–Crippen LogP) is 6.91. The molecule has 0 amide bonds. The standard InChI is InChI=1S/C19H11BrCl2O2/c20-14-4-1-12(2-5-14)18(23)9-6-15-7-10-19(24-15)13-3-8-16(21)17(22)11-13/h1-11H/b9-6+. The summed E-state index contributed by atoms with van der Waals surface area (Å²) in [6, 6.07) is 16.1. The summed E-state index contributed by atoms with van der Waals surface area (Å²) >= 11 is 15.3. The first-order chi connectivity index (χ1) is 11.5. The number of benzene rings is 2. The monoisotopic (exact) mass is 420 g/mol. The fourth-order valence-electron chi connectivity index (χ4n) is 2.12. The Balaban J connectivity index is 1.77. The number of carbonyl (C=O) groups is 1. The van der Waals surface area contributed by atoms with Crippen LogP contribution in [0.4, 0.5) is 0 Å². The van der Waals surface area contributed by atoms with Crippen molar-refractivity contribution in [3.05, 3.63) is 86.5 Å². The van der Waals surface area contributed by atoms with E-state index in [1.165, 1.54) is 6.08 Å². The van der Waals surface area contributed by atoms with Crippen molar-refractivity contribution in [2.75, 3.05) is 0 Å². The van der Waals surface area contributed by atoms with Crippen molar-refractivity contribution in [3.8, 4) is 11.3 Å². The number of hydrogen-bond acceptors (Lipinski definition) is 2. The van der Waals surface area contributed by atoms with Crippen molar-refractivity contribution in [2.24, 2.45) is 0 Å². The van der Waals surface area contributed by atoms with Gasteiger partial charge < -0.3 is 4.42 Å². The van der Waals surface area contributed by atoms with Crippen LogP contribution in [0, 0.1) is 0 Å². The first-order valence-corrected chi connectivity index (χ1v) is 8.61. The normalized spacial score (nSPS) is 11.1. The van der Waals surface area contributed by atoms with Crippen LogP contribution in [0.15, 0.2) is 69.6 Å². The fraction of sp³-hybridized carbons (Fsp3) is 0. The third-order valence-electron chi connectivity index (χ3n) is 3.36. The SMILES string of the molecule is O=C(/C=C/c1ccc(-c2ccc(Cl)c(Cl)c2)o1)c1ccc(Br)cc1. The van der Waals surface area contributed by atoms with E-state index in [4.69, 9.17) is 27.6 Å². The summed E-state index contributed by atoms with van der Waals surface area (Å²) in [5.74, 6) is 1.15. The Morgan fingerprint density at radius 1 is 0.958 bits per heavy atom. The summed E-state index contributed by atoms with van der Waals surface area (Å²) in [6.45, 7) is 0. The second-order valence-corrected chi connectivity index (χ2v) is 6.77. The van der Waals surface area contributed by atoms with Crippen LogP contribution in [0.1, 0.15) is 16.1 Å². The highest BCUT2D eigenvalue weighted by atomic mass is 79.9. The van der Waals surface area contributed by atoms with Gasteiger partial charge in [0.1, 0.15) is 11.5 Å². The number of halogens is 3. The van der Waals surface area contributed by atoms with Gasteiger partial charge >= 0.3 is 0 Å². The second kappa shape index (κ2) is 7.39. The number of ketones is 1. The summed E-state index contributed by atoms with van der Waals surface area (Å²) in [5, 5.41) is 0.959. The molecule has 1 aromatic heterocycles. The van der Waals surface area contributed by atoms with Crippen molar-refractivity contribution in [2.45, 2.75) is 0 Å². The molecular formula is C19H11BrCl2O2. The van der Waals surface area contributed by atoms with E-state index in [0.29, 0.717) is 27.1 Å². The van der Waals surface area contributed by atoms with Crippen LogP contribution >= 0.6 is 39.1 Å². The van der Waals surface area contributed by atoms with E-state index < -0.39 is 0 Å². The van der Waals surface area contributed by atoms with Gasteiger partial charge in [0.2, 0.25) is 0 Å². The first kappa shape index (κ1) is 17.0. The molecule has 0 saturated carbocycles. The lowest BCUT2D eigenvalue weighted by atomic mass is 10.1. The summed E-state index contributed by atoms with van der Waals surface area (Å²) in [7, 11) is 0. The second-order valence-electron chi connectivity index (χ2n) is 5.04. The molecule has 2 nitrogen and oxygen atoms in total. The summed E-state index contributed by atoms with van der Waals surface area (Å²) in [4.78, 5) is 12.1. The predicted molar refractivity (Wildman–Crippen MR) is 102 cm³/mol. The number of hydrogen-bond donors (Lipinski definition) is 0. The smallest absolute Gasteiger partial charge is 0.185 e. The molecule has 2 aromatic carbocycles. The average Bonchev–Trinajstić information content (AvgIpc) is 3.05. The van der Waals surface area contributed by atoms with Crippen molar-refractivity contribution >= 4 is 51.0 Å². The van der Waals surface area contributed by atoms with Crippen LogP contribution < -0.4 is 0 Å². The van der Waals surface area contributed by atoms with Gasteiger partial charge in [-0.2, -0.15) is 0 Å². The van der Waals surface area contributed by atoms with Gasteiger partial charge in [-0.1, -0.05) is 39.1 Å². The molecule has 0 N–H and O–H groups in total. The Hall–Kier alpha value is -1.81. The van der Waals surface area contributed by atoms with Crippen molar-refractivity contribution in [1.82, 2.24) is 0 Å². The topological polar surface area (TPSA) is 30.2 Å². The van der Waals surface area contributed by atoms with Crippen LogP contribution in [-0.4, -0.2) is 5.78 Å². The van der Waals surface area contributed by atoms with Gasteiger partial charge in [-0.25, -0.2) is 0 Å². The summed E-state index contributed by atoms with van der Waals surface area (Å²) < 4.78 is 6.65. The van der Waals surface area contributed by atoms with Crippen molar-refractivity contribution in [1.29, 1.82) is 0 Å². The van der Waals surface area contributed by atoms with E-state index in [1.54, 1.807) is 36.4 Å². The summed E-state index contributed by atoms with van der Waals surface area (Å²) in [6.07, 6.45) is 3.13. The van der Waals surface area contributed by atoms with Gasteiger partial charge in [-0.15, -0.1) is 0 Å². The van der Waals surface area contributed by atoms with Gasteiger partial charge in [0.05, 0.1) is 10.0 Å². The zero-order valence-electron chi connectivity index (χ0n) is 12.3.